The van der Waals surface area contributed by atoms with Crippen LogP contribution in [0.2, 0.25) is 0 Å². The van der Waals surface area contributed by atoms with Gasteiger partial charge in [-0.05, 0) is 11.5 Å². The summed E-state index contributed by atoms with van der Waals surface area (Å²) in [5.41, 5.74) is 6.54. The van der Waals surface area contributed by atoms with E-state index in [0.29, 0.717) is 6.67 Å². The van der Waals surface area contributed by atoms with Crippen molar-refractivity contribution in [3.63, 3.8) is 0 Å². The molecule has 66 valence electrons. The second-order valence-corrected chi connectivity index (χ2v) is 2.91. The number of hydrogen-bond acceptors (Lipinski definition) is 2. The van der Waals surface area contributed by atoms with Gasteiger partial charge in [-0.3, -0.25) is 0 Å². The third-order valence-electron chi connectivity index (χ3n) is 2.08. The average molecular weight is 172 g/mol. The van der Waals surface area contributed by atoms with Gasteiger partial charge in [-0.1, -0.05) is 36.4 Å². The van der Waals surface area contributed by atoms with E-state index in [4.69, 9.17) is 5.73 Å². The molecule has 3 N–H and O–H groups in total. The molecule has 2 heteroatoms. The number of nitrogens with one attached hydrogen (secondary N) is 1. The van der Waals surface area contributed by atoms with Crippen LogP contribution in [0, 0.1) is 0 Å². The van der Waals surface area contributed by atoms with E-state index in [1.165, 1.54) is 10.8 Å². The third kappa shape index (κ3) is 1.48. The highest BCUT2D eigenvalue weighted by Crippen LogP contribution is 2.22. The summed E-state index contributed by atoms with van der Waals surface area (Å²) in [4.78, 5) is 0. The zero-order valence-corrected chi connectivity index (χ0v) is 7.33. The normalized spacial score (nSPS) is 10.2. The van der Waals surface area contributed by atoms with E-state index in [-0.39, 0.29) is 0 Å². The lowest BCUT2D eigenvalue weighted by Gasteiger charge is -2.06. The minimum Gasteiger partial charge on any atom is -0.372 e. The predicted molar refractivity (Wildman–Crippen MR) is 56.6 cm³/mol. The second-order valence-electron chi connectivity index (χ2n) is 2.91. The highest BCUT2D eigenvalue weighted by molar-refractivity contribution is 5.93. The van der Waals surface area contributed by atoms with Crippen molar-refractivity contribution in [3.05, 3.63) is 42.5 Å². The van der Waals surface area contributed by atoms with Crippen molar-refractivity contribution < 1.29 is 0 Å². The van der Waals surface area contributed by atoms with Gasteiger partial charge in [-0.2, -0.15) is 0 Å². The van der Waals surface area contributed by atoms with Crippen LogP contribution in [0.4, 0.5) is 5.69 Å². The molecule has 0 atom stereocenters. The standard InChI is InChI=1S/C11H12N2/c12-8-13-11-7-3-5-9-4-1-2-6-10(9)11/h1-7,13H,8,12H2. The lowest BCUT2D eigenvalue weighted by atomic mass is 10.1. The highest BCUT2D eigenvalue weighted by Gasteiger charge is 1.96. The molecule has 0 aliphatic rings. The van der Waals surface area contributed by atoms with Crippen LogP contribution >= 0.6 is 0 Å². The van der Waals surface area contributed by atoms with Crippen LogP contribution in [-0.4, -0.2) is 6.67 Å². The Bertz CT molecular complexity index is 404. The minimum atomic E-state index is 0.466. The Morgan fingerprint density at radius 2 is 1.77 bits per heavy atom. The SMILES string of the molecule is NCNc1cccc2ccccc12. The predicted octanol–water partition coefficient (Wildman–Crippen LogP) is 2.17. The molecule has 0 heterocycles. The van der Waals surface area contributed by atoms with Gasteiger partial charge >= 0.3 is 0 Å². The summed E-state index contributed by atoms with van der Waals surface area (Å²) in [6.45, 7) is 0.466. The fraction of sp³-hybridized carbons (Fsp3) is 0.0909. The van der Waals surface area contributed by atoms with E-state index in [9.17, 15) is 0 Å². The lowest BCUT2D eigenvalue weighted by molar-refractivity contribution is 1.15. The summed E-state index contributed by atoms with van der Waals surface area (Å²) in [6, 6.07) is 14.4. The van der Waals surface area contributed by atoms with Crippen molar-refractivity contribution in [3.8, 4) is 0 Å². The third-order valence-corrected chi connectivity index (χ3v) is 2.08. The van der Waals surface area contributed by atoms with E-state index in [0.717, 1.165) is 5.69 Å². The minimum absolute atomic E-state index is 0.466. The molecule has 0 spiro atoms. The average Bonchev–Trinajstić information content (AvgIpc) is 2.19. The van der Waals surface area contributed by atoms with Crippen LogP contribution in [0.15, 0.2) is 42.5 Å². The number of nitrogens with two attached hydrogens (primary N) is 1. The molecule has 13 heavy (non-hydrogen) atoms. The highest BCUT2D eigenvalue weighted by atomic mass is 15.0. The van der Waals surface area contributed by atoms with Crippen LogP contribution in [-0.2, 0) is 0 Å². The first-order valence-corrected chi connectivity index (χ1v) is 4.33. The number of anilines is 1. The molecule has 0 fully saturated rings. The van der Waals surface area contributed by atoms with E-state index in [2.05, 4.69) is 23.5 Å². The molecule has 0 aliphatic carbocycles. The van der Waals surface area contributed by atoms with Gasteiger partial charge in [0.05, 0.1) is 6.67 Å². The van der Waals surface area contributed by atoms with Gasteiger partial charge in [0.15, 0.2) is 0 Å². The van der Waals surface area contributed by atoms with Crippen molar-refractivity contribution in [2.24, 2.45) is 5.73 Å². The van der Waals surface area contributed by atoms with Gasteiger partial charge in [0, 0.05) is 11.1 Å². The van der Waals surface area contributed by atoms with Crippen molar-refractivity contribution in [2.45, 2.75) is 0 Å². The van der Waals surface area contributed by atoms with E-state index < -0.39 is 0 Å². The summed E-state index contributed by atoms with van der Waals surface area (Å²) in [6.07, 6.45) is 0. The molecule has 2 aromatic carbocycles. The maximum atomic E-state index is 5.44. The van der Waals surface area contributed by atoms with Crippen molar-refractivity contribution >= 4 is 16.5 Å². The molecule has 0 amide bonds. The molecule has 0 aliphatic heterocycles. The number of benzene rings is 2. The van der Waals surface area contributed by atoms with Crippen LogP contribution in [0.3, 0.4) is 0 Å². The zero-order chi connectivity index (χ0) is 9.10. The molecule has 0 unspecified atom stereocenters. The van der Waals surface area contributed by atoms with Gasteiger partial charge < -0.3 is 11.1 Å². The van der Waals surface area contributed by atoms with Crippen molar-refractivity contribution in [1.29, 1.82) is 0 Å². The molecule has 2 nitrogen and oxygen atoms in total. The summed E-state index contributed by atoms with van der Waals surface area (Å²) >= 11 is 0. The molecular weight excluding hydrogens is 160 g/mol. The van der Waals surface area contributed by atoms with E-state index in [1.807, 2.05) is 24.3 Å². The summed E-state index contributed by atoms with van der Waals surface area (Å²) < 4.78 is 0. The Labute approximate surface area is 77.4 Å². The largest absolute Gasteiger partial charge is 0.372 e. The molecule has 0 saturated heterocycles. The van der Waals surface area contributed by atoms with Gasteiger partial charge in [-0.15, -0.1) is 0 Å². The van der Waals surface area contributed by atoms with E-state index in [1.54, 1.807) is 0 Å². The van der Waals surface area contributed by atoms with Crippen LogP contribution < -0.4 is 11.1 Å². The maximum absolute atomic E-state index is 5.44. The fourth-order valence-electron chi connectivity index (χ4n) is 1.49. The maximum Gasteiger partial charge on any atom is 0.0628 e. The first-order chi connectivity index (χ1) is 6.42. The molecule has 2 rings (SSSR count). The Hall–Kier alpha value is -1.54. The quantitative estimate of drug-likeness (QED) is 0.681. The second kappa shape index (κ2) is 3.46. The van der Waals surface area contributed by atoms with Gasteiger partial charge in [0.25, 0.3) is 0 Å². The Kier molecular flexibility index (Phi) is 2.15. The molecule has 0 saturated carbocycles. The summed E-state index contributed by atoms with van der Waals surface area (Å²) in [5.74, 6) is 0. The fourth-order valence-corrected chi connectivity index (χ4v) is 1.49. The number of fused-ring (bicyclic) bond motifs is 1. The van der Waals surface area contributed by atoms with Gasteiger partial charge in [0.2, 0.25) is 0 Å². The number of rotatable bonds is 2. The lowest BCUT2D eigenvalue weighted by Crippen LogP contribution is -2.10. The smallest absolute Gasteiger partial charge is 0.0628 e. The monoisotopic (exact) mass is 172 g/mol. The molecular formula is C11H12N2. The van der Waals surface area contributed by atoms with Crippen LogP contribution in [0.5, 0.6) is 0 Å². The molecule has 0 radical (unpaired) electrons. The van der Waals surface area contributed by atoms with Gasteiger partial charge in [0.1, 0.15) is 0 Å². The Balaban J connectivity index is 2.61. The first-order valence-electron chi connectivity index (χ1n) is 4.33. The molecule has 0 aromatic heterocycles. The number of hydrogen-bond donors (Lipinski definition) is 2. The van der Waals surface area contributed by atoms with Gasteiger partial charge in [-0.25, -0.2) is 0 Å². The summed E-state index contributed by atoms with van der Waals surface area (Å²) in [7, 11) is 0. The molecule has 2 aromatic rings. The van der Waals surface area contributed by atoms with Crippen molar-refractivity contribution in [2.75, 3.05) is 12.0 Å². The molecule has 0 bridgehead atoms. The zero-order valence-electron chi connectivity index (χ0n) is 7.33. The van der Waals surface area contributed by atoms with Crippen molar-refractivity contribution in [1.82, 2.24) is 0 Å². The van der Waals surface area contributed by atoms with Crippen LogP contribution in [0.25, 0.3) is 10.8 Å². The van der Waals surface area contributed by atoms with Crippen LogP contribution in [0.1, 0.15) is 0 Å². The summed E-state index contributed by atoms with van der Waals surface area (Å²) in [5, 5.41) is 5.58. The Morgan fingerprint density at radius 3 is 2.62 bits per heavy atom. The first kappa shape index (κ1) is 8.08. The van der Waals surface area contributed by atoms with E-state index >= 15 is 0 Å². The topological polar surface area (TPSA) is 38.0 Å². The Morgan fingerprint density at radius 1 is 1.00 bits per heavy atom.